The third kappa shape index (κ3) is 2.63. The predicted octanol–water partition coefficient (Wildman–Crippen LogP) is 2.74. The second-order valence-corrected chi connectivity index (χ2v) is 7.30. The number of ether oxygens (including phenoxy) is 1. The van der Waals surface area contributed by atoms with Crippen LogP contribution in [0.3, 0.4) is 0 Å². The van der Waals surface area contributed by atoms with Gasteiger partial charge in [-0.3, -0.25) is 9.80 Å². The molecule has 2 aliphatic heterocycles. The third-order valence-electron chi connectivity index (χ3n) is 5.74. The van der Waals surface area contributed by atoms with Crippen molar-refractivity contribution in [2.45, 2.75) is 12.1 Å². The first-order valence-electron chi connectivity index (χ1n) is 9.35. The van der Waals surface area contributed by atoms with Crippen LogP contribution in [0.2, 0.25) is 0 Å². The van der Waals surface area contributed by atoms with Gasteiger partial charge in [0.25, 0.3) is 0 Å². The van der Waals surface area contributed by atoms with E-state index < -0.39 is 0 Å². The van der Waals surface area contributed by atoms with Crippen LogP contribution in [0.5, 0.6) is 0 Å². The van der Waals surface area contributed by atoms with Crippen molar-refractivity contribution in [1.82, 2.24) is 19.2 Å². The van der Waals surface area contributed by atoms with Gasteiger partial charge < -0.3 is 9.14 Å². The van der Waals surface area contributed by atoms with E-state index >= 15 is 0 Å². The Morgan fingerprint density at radius 3 is 2.69 bits per heavy atom. The monoisotopic (exact) mass is 348 g/mol. The molecule has 1 fully saturated rings. The molecule has 0 N–H and O–H groups in total. The lowest BCUT2D eigenvalue weighted by molar-refractivity contribution is -0.0324. The van der Waals surface area contributed by atoms with Crippen molar-refractivity contribution in [3.8, 4) is 0 Å². The minimum absolute atomic E-state index is 0.336. The first-order chi connectivity index (χ1) is 12.8. The van der Waals surface area contributed by atoms with Crippen LogP contribution in [0.1, 0.15) is 28.8 Å². The highest BCUT2D eigenvalue weighted by molar-refractivity contribution is 5.45. The zero-order valence-electron chi connectivity index (χ0n) is 15.1. The van der Waals surface area contributed by atoms with Gasteiger partial charge >= 0.3 is 0 Å². The molecule has 2 unspecified atom stereocenters. The number of likely N-dealkylation sites (N-methyl/N-ethyl adjacent to an activating group) is 1. The van der Waals surface area contributed by atoms with Crippen molar-refractivity contribution in [1.29, 1.82) is 0 Å². The Bertz CT molecular complexity index is 915. The molecule has 2 aliphatic rings. The zero-order chi connectivity index (χ0) is 17.5. The van der Waals surface area contributed by atoms with Crippen molar-refractivity contribution in [3.63, 3.8) is 0 Å². The van der Waals surface area contributed by atoms with Gasteiger partial charge in [0.15, 0.2) is 0 Å². The molecule has 5 heteroatoms. The van der Waals surface area contributed by atoms with Gasteiger partial charge in [-0.15, -0.1) is 0 Å². The van der Waals surface area contributed by atoms with Crippen molar-refractivity contribution >= 4 is 5.65 Å². The summed E-state index contributed by atoms with van der Waals surface area (Å²) in [4.78, 5) is 9.42. The van der Waals surface area contributed by atoms with Crippen LogP contribution in [0.25, 0.3) is 5.65 Å². The van der Waals surface area contributed by atoms with Crippen molar-refractivity contribution in [2.75, 3.05) is 39.9 Å². The van der Waals surface area contributed by atoms with Gasteiger partial charge in [0.1, 0.15) is 5.65 Å². The van der Waals surface area contributed by atoms with Crippen LogP contribution in [-0.2, 0) is 4.74 Å². The highest BCUT2D eigenvalue weighted by Crippen LogP contribution is 2.40. The summed E-state index contributed by atoms with van der Waals surface area (Å²) in [5, 5.41) is 0. The molecule has 2 aromatic heterocycles. The summed E-state index contributed by atoms with van der Waals surface area (Å²) < 4.78 is 7.69. The van der Waals surface area contributed by atoms with Gasteiger partial charge in [-0.2, -0.15) is 0 Å². The maximum atomic E-state index is 5.57. The van der Waals surface area contributed by atoms with Gasteiger partial charge in [0.05, 0.1) is 19.4 Å². The number of nitrogens with zero attached hydrogens (tertiary/aromatic N) is 4. The van der Waals surface area contributed by atoms with E-state index in [1.807, 2.05) is 12.4 Å². The van der Waals surface area contributed by atoms with Crippen LogP contribution < -0.4 is 0 Å². The molecule has 4 heterocycles. The number of hydrogen-bond donors (Lipinski definition) is 0. The van der Waals surface area contributed by atoms with Crippen LogP contribution in [0, 0.1) is 0 Å². The minimum atomic E-state index is 0.336. The Labute approximate surface area is 153 Å². The molecular formula is C21H24N4O. The normalized spacial score (nSPS) is 24.7. The number of hydrogen-bond acceptors (Lipinski definition) is 4. The molecule has 0 bridgehead atoms. The van der Waals surface area contributed by atoms with Crippen molar-refractivity contribution in [3.05, 3.63) is 71.7 Å². The summed E-state index contributed by atoms with van der Waals surface area (Å²) in [6.45, 7) is 4.66. The summed E-state index contributed by atoms with van der Waals surface area (Å²) in [5.41, 5.74) is 5.22. The molecule has 5 nitrogen and oxygen atoms in total. The molecule has 5 rings (SSSR count). The van der Waals surface area contributed by atoms with E-state index in [1.165, 1.54) is 16.7 Å². The second-order valence-electron chi connectivity index (χ2n) is 7.30. The van der Waals surface area contributed by atoms with Gasteiger partial charge in [-0.05, 0) is 29.8 Å². The lowest BCUT2D eigenvalue weighted by Gasteiger charge is -2.45. The van der Waals surface area contributed by atoms with Crippen molar-refractivity contribution in [2.24, 2.45) is 0 Å². The molecule has 3 aromatic rings. The topological polar surface area (TPSA) is 33.0 Å². The average molecular weight is 348 g/mol. The summed E-state index contributed by atoms with van der Waals surface area (Å²) in [6.07, 6.45) is 6.44. The molecule has 1 aromatic carbocycles. The number of rotatable bonds is 2. The summed E-state index contributed by atoms with van der Waals surface area (Å²) >= 11 is 0. The standard InChI is InChI=1S/C21H24N4O/c1-23-15-19(16-6-7-20-22-8-9-25(20)14-16)17-4-2-3-5-18(17)21(23)24-10-12-26-13-11-24/h2-9,14,19,21H,10-13,15H2,1H3. The smallest absolute Gasteiger partial charge is 0.136 e. The molecule has 0 aliphatic carbocycles. The van der Waals surface area contributed by atoms with Gasteiger partial charge in [0.2, 0.25) is 0 Å². The van der Waals surface area contributed by atoms with Crippen LogP contribution in [0.15, 0.2) is 55.0 Å². The van der Waals surface area contributed by atoms with Crippen LogP contribution in [0.4, 0.5) is 0 Å². The number of benzene rings is 1. The SMILES string of the molecule is CN1CC(c2ccc3nccn3c2)c2ccccc2C1N1CCOCC1. The maximum Gasteiger partial charge on any atom is 0.136 e. The fourth-order valence-electron chi connectivity index (χ4n) is 4.51. The van der Waals surface area contributed by atoms with E-state index in [4.69, 9.17) is 4.74 Å². The summed E-state index contributed by atoms with van der Waals surface area (Å²) in [7, 11) is 2.25. The lowest BCUT2D eigenvalue weighted by Crippen LogP contribution is -2.49. The number of fused-ring (bicyclic) bond motifs is 2. The fourth-order valence-corrected chi connectivity index (χ4v) is 4.51. The average Bonchev–Trinajstić information content (AvgIpc) is 3.16. The first-order valence-corrected chi connectivity index (χ1v) is 9.35. The molecule has 0 spiro atoms. The molecular weight excluding hydrogens is 324 g/mol. The van der Waals surface area contributed by atoms with Gasteiger partial charge in [-0.25, -0.2) is 4.98 Å². The van der Waals surface area contributed by atoms with E-state index in [0.717, 1.165) is 38.5 Å². The zero-order valence-corrected chi connectivity index (χ0v) is 15.1. The van der Waals surface area contributed by atoms with E-state index in [9.17, 15) is 0 Å². The van der Waals surface area contributed by atoms with Crippen LogP contribution in [-0.4, -0.2) is 59.1 Å². The molecule has 134 valence electrons. The number of pyridine rings is 1. The van der Waals surface area contributed by atoms with Crippen LogP contribution >= 0.6 is 0 Å². The fraction of sp³-hybridized carbons (Fsp3) is 0.381. The Hall–Kier alpha value is -2.21. The Morgan fingerprint density at radius 1 is 1.04 bits per heavy atom. The van der Waals surface area contributed by atoms with Gasteiger partial charge in [-0.1, -0.05) is 30.3 Å². The molecule has 2 atom stereocenters. The van der Waals surface area contributed by atoms with E-state index in [1.54, 1.807) is 0 Å². The summed E-state index contributed by atoms with van der Waals surface area (Å²) in [5.74, 6) is 0.375. The van der Waals surface area contributed by atoms with E-state index in [2.05, 4.69) is 68.8 Å². The highest BCUT2D eigenvalue weighted by Gasteiger charge is 2.35. The Morgan fingerprint density at radius 2 is 1.85 bits per heavy atom. The lowest BCUT2D eigenvalue weighted by atomic mass is 9.83. The Balaban J connectivity index is 1.56. The molecule has 26 heavy (non-hydrogen) atoms. The minimum Gasteiger partial charge on any atom is -0.379 e. The molecule has 0 radical (unpaired) electrons. The molecule has 0 amide bonds. The molecule has 0 saturated carbocycles. The highest BCUT2D eigenvalue weighted by atomic mass is 16.5. The maximum absolute atomic E-state index is 5.57. The van der Waals surface area contributed by atoms with Gasteiger partial charge in [0, 0.05) is 44.1 Å². The Kier molecular flexibility index (Phi) is 4.00. The quantitative estimate of drug-likeness (QED) is 0.713. The number of imidazole rings is 1. The number of morpholine rings is 1. The largest absolute Gasteiger partial charge is 0.379 e. The predicted molar refractivity (Wildman–Crippen MR) is 101 cm³/mol. The third-order valence-corrected chi connectivity index (χ3v) is 5.74. The molecule has 1 saturated heterocycles. The summed E-state index contributed by atoms with van der Waals surface area (Å²) in [6, 6.07) is 13.3. The van der Waals surface area contributed by atoms with E-state index in [-0.39, 0.29) is 0 Å². The van der Waals surface area contributed by atoms with E-state index in [0.29, 0.717) is 12.1 Å². The first kappa shape index (κ1) is 16.0. The second kappa shape index (κ2) is 6.50. The number of aromatic nitrogens is 2. The van der Waals surface area contributed by atoms with Crippen molar-refractivity contribution < 1.29 is 4.74 Å².